The summed E-state index contributed by atoms with van der Waals surface area (Å²) < 4.78 is 0. The highest BCUT2D eigenvalue weighted by molar-refractivity contribution is 5.80. The largest absolute Gasteiger partial charge is 0.394 e. The van der Waals surface area contributed by atoms with Crippen LogP contribution in [0.3, 0.4) is 0 Å². The average molecular weight is 788 g/mol. The molecule has 0 aromatic heterocycles. The van der Waals surface area contributed by atoms with Gasteiger partial charge in [0.2, 0.25) is 5.91 Å². The maximum absolute atomic E-state index is 12.5. The molecular weight excluding hydrogens is 691 g/mol. The van der Waals surface area contributed by atoms with Gasteiger partial charge in [0.05, 0.1) is 18.8 Å². The fraction of sp³-hybridized carbons (Fsp3) is 0.863. The van der Waals surface area contributed by atoms with E-state index in [1.807, 2.05) is 6.08 Å². The van der Waals surface area contributed by atoms with Gasteiger partial charge in [-0.25, -0.2) is 0 Å². The lowest BCUT2D eigenvalue weighted by Crippen LogP contribution is -2.48. The van der Waals surface area contributed by atoms with E-state index >= 15 is 0 Å². The van der Waals surface area contributed by atoms with Crippen LogP contribution in [0.25, 0.3) is 0 Å². The maximum Gasteiger partial charge on any atom is 0.249 e. The molecule has 0 aromatic carbocycles. The number of aliphatic hydroxyl groups is 3. The number of hydrogen-bond donors (Lipinski definition) is 4. The SMILES string of the molecule is CCCCCCCCCCCCCCCCC/C=C/CC/C=C/CC/C=C/C(O)C(CO)NC(=O)C(O)CCCCCCCCCCCCCCCCCCC. The molecule has 0 fully saturated rings. The van der Waals surface area contributed by atoms with E-state index < -0.39 is 24.2 Å². The highest BCUT2D eigenvalue weighted by Gasteiger charge is 2.22. The van der Waals surface area contributed by atoms with Crippen molar-refractivity contribution in [1.82, 2.24) is 5.32 Å². The first-order valence-corrected chi connectivity index (χ1v) is 24.8. The monoisotopic (exact) mass is 788 g/mol. The zero-order chi connectivity index (χ0) is 40.8. The van der Waals surface area contributed by atoms with Gasteiger partial charge in [0.15, 0.2) is 0 Å². The van der Waals surface area contributed by atoms with Gasteiger partial charge in [-0.15, -0.1) is 0 Å². The number of rotatable bonds is 45. The van der Waals surface area contributed by atoms with E-state index in [1.165, 1.54) is 193 Å². The minimum absolute atomic E-state index is 0.379. The molecule has 4 N–H and O–H groups in total. The van der Waals surface area contributed by atoms with E-state index in [0.29, 0.717) is 6.42 Å². The van der Waals surface area contributed by atoms with Crippen molar-refractivity contribution in [3.05, 3.63) is 36.5 Å². The van der Waals surface area contributed by atoms with Gasteiger partial charge in [-0.3, -0.25) is 4.79 Å². The minimum Gasteiger partial charge on any atom is -0.394 e. The number of carbonyl (C=O) groups excluding carboxylic acids is 1. The van der Waals surface area contributed by atoms with Gasteiger partial charge < -0.3 is 20.6 Å². The summed E-state index contributed by atoms with van der Waals surface area (Å²) >= 11 is 0. The highest BCUT2D eigenvalue weighted by atomic mass is 16.3. The van der Waals surface area contributed by atoms with Crippen LogP contribution in [0.5, 0.6) is 0 Å². The second-order valence-electron chi connectivity index (χ2n) is 17.0. The van der Waals surface area contributed by atoms with E-state index in [-0.39, 0.29) is 6.61 Å². The number of hydrogen-bond acceptors (Lipinski definition) is 4. The molecule has 3 unspecified atom stereocenters. The van der Waals surface area contributed by atoms with Gasteiger partial charge in [-0.1, -0.05) is 249 Å². The zero-order valence-corrected chi connectivity index (χ0v) is 37.5. The Balaban J connectivity index is 3.68. The molecule has 0 aliphatic rings. The summed E-state index contributed by atoms with van der Waals surface area (Å²) in [6, 6.07) is -0.819. The molecule has 5 nitrogen and oxygen atoms in total. The van der Waals surface area contributed by atoms with Crippen LogP contribution in [0.2, 0.25) is 0 Å². The number of unbranched alkanes of at least 4 members (excludes halogenated alkanes) is 33. The number of nitrogens with one attached hydrogen (secondary N) is 1. The van der Waals surface area contributed by atoms with Crippen LogP contribution in [0.4, 0.5) is 0 Å². The Morgan fingerprint density at radius 2 is 0.732 bits per heavy atom. The number of amides is 1. The Morgan fingerprint density at radius 3 is 1.09 bits per heavy atom. The van der Waals surface area contributed by atoms with E-state index in [9.17, 15) is 20.1 Å². The fourth-order valence-corrected chi connectivity index (χ4v) is 7.57. The van der Waals surface area contributed by atoms with Crippen molar-refractivity contribution in [2.24, 2.45) is 0 Å². The topological polar surface area (TPSA) is 89.8 Å². The molecule has 0 rings (SSSR count). The summed E-state index contributed by atoms with van der Waals surface area (Å²) in [7, 11) is 0. The third-order valence-electron chi connectivity index (χ3n) is 11.5. The van der Waals surface area contributed by atoms with Crippen LogP contribution in [0.15, 0.2) is 36.5 Å². The molecule has 56 heavy (non-hydrogen) atoms. The van der Waals surface area contributed by atoms with Crippen molar-refractivity contribution in [2.45, 2.75) is 276 Å². The second kappa shape index (κ2) is 46.3. The summed E-state index contributed by atoms with van der Waals surface area (Å²) in [6.45, 7) is 4.19. The summed E-state index contributed by atoms with van der Waals surface area (Å²) in [5, 5.41) is 33.2. The second-order valence-corrected chi connectivity index (χ2v) is 17.0. The van der Waals surface area contributed by atoms with Crippen molar-refractivity contribution < 1.29 is 20.1 Å². The third-order valence-corrected chi connectivity index (χ3v) is 11.5. The normalized spacial score (nSPS) is 13.7. The van der Waals surface area contributed by atoms with Crippen molar-refractivity contribution in [1.29, 1.82) is 0 Å². The quantitative estimate of drug-likeness (QED) is 0.0365. The number of carbonyl (C=O) groups is 1. The van der Waals surface area contributed by atoms with Gasteiger partial charge in [0.25, 0.3) is 0 Å². The summed E-state index contributed by atoms with van der Waals surface area (Å²) in [5.74, 6) is -0.514. The van der Waals surface area contributed by atoms with Crippen LogP contribution < -0.4 is 5.32 Å². The number of aliphatic hydroxyl groups excluding tert-OH is 3. The predicted molar refractivity (Wildman–Crippen MR) is 245 cm³/mol. The molecule has 0 spiro atoms. The van der Waals surface area contributed by atoms with Crippen molar-refractivity contribution in [3.63, 3.8) is 0 Å². The summed E-state index contributed by atoms with van der Waals surface area (Å²) in [4.78, 5) is 12.5. The first-order chi connectivity index (χ1) is 27.6. The third kappa shape index (κ3) is 40.8. The minimum atomic E-state index is -1.11. The van der Waals surface area contributed by atoms with E-state index in [2.05, 4.69) is 43.5 Å². The van der Waals surface area contributed by atoms with E-state index in [4.69, 9.17) is 0 Å². The summed E-state index contributed by atoms with van der Waals surface area (Å²) in [6.07, 6.45) is 59.1. The lowest BCUT2D eigenvalue weighted by atomic mass is 10.0. The smallest absolute Gasteiger partial charge is 0.249 e. The van der Waals surface area contributed by atoms with Crippen molar-refractivity contribution in [3.8, 4) is 0 Å². The lowest BCUT2D eigenvalue weighted by molar-refractivity contribution is -0.131. The summed E-state index contributed by atoms with van der Waals surface area (Å²) in [5.41, 5.74) is 0. The standard InChI is InChI=1S/C51H97NO4/c1-3-5-7-9-11-13-15-17-19-21-22-23-24-25-26-27-28-30-31-33-35-37-39-41-43-45-49(54)48(47-53)52-51(56)50(55)46-44-42-40-38-36-34-32-29-20-18-16-14-12-10-8-6-4-2/h28,30,35,37,43,45,48-50,53-55H,3-27,29,31-34,36,38-42,44,46-47H2,1-2H3,(H,52,56)/b30-28+,37-35+,45-43+. The molecule has 0 saturated carbocycles. The van der Waals surface area contributed by atoms with Crippen LogP contribution in [0.1, 0.15) is 258 Å². The Bertz CT molecular complexity index is 870. The van der Waals surface area contributed by atoms with E-state index in [0.717, 1.165) is 44.9 Å². The number of allylic oxidation sites excluding steroid dienone is 5. The molecule has 0 bridgehead atoms. The molecule has 5 heteroatoms. The van der Waals surface area contributed by atoms with Gasteiger partial charge in [-0.05, 0) is 44.9 Å². The van der Waals surface area contributed by atoms with Crippen LogP contribution in [-0.2, 0) is 4.79 Å². The lowest BCUT2D eigenvalue weighted by Gasteiger charge is -2.21. The molecule has 0 radical (unpaired) electrons. The Kier molecular flexibility index (Phi) is 45.1. The van der Waals surface area contributed by atoms with Gasteiger partial charge >= 0.3 is 0 Å². The first-order valence-electron chi connectivity index (χ1n) is 24.8. The van der Waals surface area contributed by atoms with Gasteiger partial charge in [0, 0.05) is 0 Å². The Hall–Kier alpha value is -1.43. The highest BCUT2D eigenvalue weighted by Crippen LogP contribution is 2.16. The molecule has 330 valence electrons. The van der Waals surface area contributed by atoms with Crippen LogP contribution in [0, 0.1) is 0 Å². The zero-order valence-electron chi connectivity index (χ0n) is 37.5. The van der Waals surface area contributed by atoms with Crippen molar-refractivity contribution in [2.75, 3.05) is 6.61 Å². The molecule has 0 aliphatic carbocycles. The molecule has 1 amide bonds. The van der Waals surface area contributed by atoms with Crippen molar-refractivity contribution >= 4 is 5.91 Å². The Morgan fingerprint density at radius 1 is 0.429 bits per heavy atom. The van der Waals surface area contributed by atoms with Crippen LogP contribution >= 0.6 is 0 Å². The van der Waals surface area contributed by atoms with Gasteiger partial charge in [0.1, 0.15) is 6.10 Å². The molecular formula is C51H97NO4. The predicted octanol–water partition coefficient (Wildman–Crippen LogP) is 14.7. The Labute approximate surface area is 349 Å². The van der Waals surface area contributed by atoms with E-state index in [1.54, 1.807) is 6.08 Å². The maximum atomic E-state index is 12.5. The molecule has 3 atom stereocenters. The van der Waals surface area contributed by atoms with Crippen LogP contribution in [-0.4, -0.2) is 46.1 Å². The molecule has 0 aromatic rings. The van der Waals surface area contributed by atoms with Gasteiger partial charge in [-0.2, -0.15) is 0 Å². The molecule has 0 saturated heterocycles. The first kappa shape index (κ1) is 54.6. The average Bonchev–Trinajstić information content (AvgIpc) is 3.20. The fourth-order valence-electron chi connectivity index (χ4n) is 7.57. The molecule has 0 heterocycles. The molecule has 0 aliphatic heterocycles.